The van der Waals surface area contributed by atoms with E-state index >= 15 is 0 Å². The van der Waals surface area contributed by atoms with E-state index in [2.05, 4.69) is 50.1 Å². The number of hydrogen-bond acceptors (Lipinski definition) is 7. The molecule has 4 heterocycles. The fourth-order valence-corrected chi connectivity index (χ4v) is 4.32. The highest BCUT2D eigenvalue weighted by molar-refractivity contribution is 5.87. The number of carbonyl (C=O) groups excluding carboxylic acids is 1. The van der Waals surface area contributed by atoms with E-state index in [-0.39, 0.29) is 11.9 Å². The predicted molar refractivity (Wildman–Crippen MR) is 130 cm³/mol. The molecule has 9 nitrogen and oxygen atoms in total. The number of nitrogens with one attached hydrogen (secondary N) is 2. The molecule has 1 aliphatic rings. The number of nitrogens with zero attached hydrogens (tertiary/aromatic N) is 6. The zero-order valence-electron chi connectivity index (χ0n) is 19.0. The molecule has 1 aliphatic heterocycles. The van der Waals surface area contributed by atoms with Crippen LogP contribution in [0.4, 0.5) is 17.5 Å². The van der Waals surface area contributed by atoms with Crippen molar-refractivity contribution < 1.29 is 4.79 Å². The van der Waals surface area contributed by atoms with Crippen LogP contribution in [0.15, 0.2) is 42.9 Å². The van der Waals surface area contributed by atoms with E-state index in [4.69, 9.17) is 4.98 Å². The molecule has 0 aliphatic carbocycles. The molecule has 1 aromatic carbocycles. The summed E-state index contributed by atoms with van der Waals surface area (Å²) in [5.74, 6) is 1.68. The second kappa shape index (κ2) is 9.01. The first-order valence-corrected chi connectivity index (χ1v) is 11.5. The van der Waals surface area contributed by atoms with E-state index < -0.39 is 0 Å². The Kier molecular flexibility index (Phi) is 5.77. The van der Waals surface area contributed by atoms with Gasteiger partial charge >= 0.3 is 0 Å². The Bertz CT molecular complexity index is 1300. The normalized spacial score (nSPS) is 14.0. The van der Waals surface area contributed by atoms with Crippen molar-refractivity contribution in [3.63, 3.8) is 0 Å². The summed E-state index contributed by atoms with van der Waals surface area (Å²) in [6.07, 6.45) is 5.87. The summed E-state index contributed by atoms with van der Waals surface area (Å²) >= 11 is 0. The highest BCUT2D eigenvalue weighted by Gasteiger charge is 2.20. The van der Waals surface area contributed by atoms with Gasteiger partial charge in [0.1, 0.15) is 6.33 Å². The number of pyridine rings is 1. The van der Waals surface area contributed by atoms with Crippen LogP contribution in [0.5, 0.6) is 0 Å². The molecule has 4 aromatic rings. The molecule has 0 saturated carbocycles. The van der Waals surface area contributed by atoms with Crippen LogP contribution in [-0.4, -0.2) is 54.9 Å². The molecule has 1 amide bonds. The lowest BCUT2D eigenvalue weighted by atomic mass is 10.2. The van der Waals surface area contributed by atoms with Gasteiger partial charge in [0, 0.05) is 49.4 Å². The molecule has 0 unspecified atom stereocenters. The zero-order chi connectivity index (χ0) is 22.8. The van der Waals surface area contributed by atoms with Crippen LogP contribution < -0.4 is 10.6 Å². The molecule has 1 saturated heterocycles. The maximum atomic E-state index is 11.8. The Morgan fingerprint density at radius 3 is 2.88 bits per heavy atom. The molecule has 5 rings (SSSR count). The number of carbonyl (C=O) groups is 1. The van der Waals surface area contributed by atoms with Crippen molar-refractivity contribution in [2.75, 3.05) is 30.3 Å². The molecule has 2 N–H and O–H groups in total. The minimum atomic E-state index is 0.156. The van der Waals surface area contributed by atoms with Gasteiger partial charge in [0.2, 0.25) is 11.9 Å². The van der Waals surface area contributed by atoms with Crippen molar-refractivity contribution in [2.24, 2.45) is 0 Å². The quantitative estimate of drug-likeness (QED) is 0.394. The molecule has 3 aromatic heterocycles. The number of hydrogen-bond donors (Lipinski definition) is 2. The first-order valence-electron chi connectivity index (χ1n) is 11.5. The number of anilines is 3. The summed E-state index contributed by atoms with van der Waals surface area (Å²) in [5.41, 5.74) is 3.40. The number of rotatable bonds is 8. The topological polar surface area (TPSA) is 101 Å². The van der Waals surface area contributed by atoms with Crippen LogP contribution in [-0.2, 0) is 4.79 Å². The van der Waals surface area contributed by atoms with Crippen LogP contribution in [0.2, 0.25) is 0 Å². The summed E-state index contributed by atoms with van der Waals surface area (Å²) < 4.78 is 2.08. The van der Waals surface area contributed by atoms with E-state index in [9.17, 15) is 4.79 Å². The third-order valence-corrected chi connectivity index (χ3v) is 5.92. The summed E-state index contributed by atoms with van der Waals surface area (Å²) in [6.45, 7) is 6.57. The molecule has 0 radical (unpaired) electrons. The molecule has 170 valence electrons. The lowest BCUT2D eigenvalue weighted by molar-refractivity contribution is -0.127. The number of imidazole rings is 1. The summed E-state index contributed by atoms with van der Waals surface area (Å²) in [7, 11) is 0. The second-order valence-electron chi connectivity index (χ2n) is 8.59. The average Bonchev–Trinajstić information content (AvgIpc) is 3.39. The minimum Gasteiger partial charge on any atom is -0.368 e. The maximum Gasteiger partial charge on any atom is 0.222 e. The van der Waals surface area contributed by atoms with Crippen molar-refractivity contribution in [3.05, 3.63) is 42.9 Å². The summed E-state index contributed by atoms with van der Waals surface area (Å²) in [4.78, 5) is 32.0. The van der Waals surface area contributed by atoms with Gasteiger partial charge in [0.15, 0.2) is 17.0 Å². The van der Waals surface area contributed by atoms with Gasteiger partial charge in [-0.15, -0.1) is 0 Å². The lowest BCUT2D eigenvalue weighted by Gasteiger charge is -2.15. The average molecular weight is 445 g/mol. The third-order valence-electron chi connectivity index (χ3n) is 5.92. The second-order valence-corrected chi connectivity index (χ2v) is 8.59. The SMILES string of the molecule is CC(C)n1c(Nc2ccc3ncccc3c2)nc2c(NCCCN3CCCC3=O)ncnc21. The third kappa shape index (κ3) is 4.30. The van der Waals surface area contributed by atoms with Crippen molar-refractivity contribution in [3.8, 4) is 0 Å². The van der Waals surface area contributed by atoms with Gasteiger partial charge in [-0.05, 0) is 51.0 Å². The molecule has 33 heavy (non-hydrogen) atoms. The van der Waals surface area contributed by atoms with Crippen molar-refractivity contribution in [1.29, 1.82) is 0 Å². The van der Waals surface area contributed by atoms with Crippen LogP contribution in [0.3, 0.4) is 0 Å². The van der Waals surface area contributed by atoms with Gasteiger partial charge < -0.3 is 15.5 Å². The van der Waals surface area contributed by atoms with Crippen molar-refractivity contribution in [2.45, 2.75) is 39.2 Å². The van der Waals surface area contributed by atoms with Gasteiger partial charge in [-0.25, -0.2) is 15.0 Å². The van der Waals surface area contributed by atoms with Gasteiger partial charge in [0.25, 0.3) is 0 Å². The molecule has 9 heteroatoms. The number of aromatic nitrogens is 5. The Labute approximate surface area is 192 Å². The van der Waals surface area contributed by atoms with E-state index in [0.29, 0.717) is 18.8 Å². The van der Waals surface area contributed by atoms with E-state index in [1.54, 1.807) is 12.5 Å². The van der Waals surface area contributed by atoms with Gasteiger partial charge in [-0.1, -0.05) is 6.07 Å². The van der Waals surface area contributed by atoms with Gasteiger partial charge in [0.05, 0.1) is 5.52 Å². The first-order chi connectivity index (χ1) is 16.1. The molecular weight excluding hydrogens is 416 g/mol. The van der Waals surface area contributed by atoms with Gasteiger partial charge in [-0.3, -0.25) is 14.3 Å². The standard InChI is InChI=1S/C24H28N8O/c1-16(2)32-23-21(22(27-15-28-23)26-11-5-13-31-12-4-7-20(31)33)30-24(32)29-18-8-9-19-17(14-18)6-3-10-25-19/h3,6,8-10,14-16H,4-5,7,11-13H2,1-2H3,(H,29,30)(H,26,27,28). The highest BCUT2D eigenvalue weighted by Crippen LogP contribution is 2.29. The largest absolute Gasteiger partial charge is 0.368 e. The van der Waals surface area contributed by atoms with Crippen LogP contribution in [0, 0.1) is 0 Å². The van der Waals surface area contributed by atoms with Crippen LogP contribution in [0.1, 0.15) is 39.2 Å². The number of benzene rings is 1. The fraction of sp³-hybridized carbons (Fsp3) is 0.375. The Morgan fingerprint density at radius 1 is 1.15 bits per heavy atom. The number of amides is 1. The van der Waals surface area contributed by atoms with E-state index in [1.807, 2.05) is 29.2 Å². The smallest absolute Gasteiger partial charge is 0.222 e. The Balaban J connectivity index is 1.38. The predicted octanol–water partition coefficient (Wildman–Crippen LogP) is 4.12. The van der Waals surface area contributed by atoms with Crippen LogP contribution >= 0.6 is 0 Å². The molecule has 1 fully saturated rings. The summed E-state index contributed by atoms with van der Waals surface area (Å²) in [6, 6.07) is 10.2. The molecule has 0 spiro atoms. The van der Waals surface area contributed by atoms with E-state index in [1.165, 1.54) is 0 Å². The number of likely N-dealkylation sites (tertiary alicyclic amines) is 1. The molecular formula is C24H28N8O. The van der Waals surface area contributed by atoms with Crippen molar-refractivity contribution >= 4 is 45.4 Å². The molecule has 0 atom stereocenters. The lowest BCUT2D eigenvalue weighted by Crippen LogP contribution is -2.27. The van der Waals surface area contributed by atoms with Crippen LogP contribution in [0.25, 0.3) is 22.1 Å². The Hall–Kier alpha value is -3.75. The zero-order valence-corrected chi connectivity index (χ0v) is 19.0. The summed E-state index contributed by atoms with van der Waals surface area (Å²) in [5, 5.41) is 7.91. The maximum absolute atomic E-state index is 11.8. The fourth-order valence-electron chi connectivity index (χ4n) is 4.32. The minimum absolute atomic E-state index is 0.156. The van der Waals surface area contributed by atoms with Gasteiger partial charge in [-0.2, -0.15) is 0 Å². The monoisotopic (exact) mass is 444 g/mol. The van der Waals surface area contributed by atoms with E-state index in [0.717, 1.165) is 59.6 Å². The first kappa shape index (κ1) is 21.1. The Morgan fingerprint density at radius 2 is 2.06 bits per heavy atom. The number of fused-ring (bicyclic) bond motifs is 2. The molecule has 0 bridgehead atoms. The highest BCUT2D eigenvalue weighted by atomic mass is 16.2. The van der Waals surface area contributed by atoms with Crippen molar-refractivity contribution in [1.82, 2.24) is 29.4 Å².